The van der Waals surface area contributed by atoms with Crippen LogP contribution in [0, 0.1) is 0 Å². The van der Waals surface area contributed by atoms with Crippen molar-refractivity contribution < 1.29 is 9.47 Å². The number of fused-ring (bicyclic) bond motifs is 3. The second kappa shape index (κ2) is 7.24. The zero-order chi connectivity index (χ0) is 18.3. The zero-order valence-corrected chi connectivity index (χ0v) is 17.9. The molecule has 0 saturated heterocycles. The van der Waals surface area contributed by atoms with E-state index in [9.17, 15) is 0 Å². The lowest BCUT2D eigenvalue weighted by Crippen LogP contribution is -2.40. The van der Waals surface area contributed by atoms with E-state index in [2.05, 4.69) is 62.0 Å². The Morgan fingerprint density at radius 3 is 2.69 bits per heavy atom. The van der Waals surface area contributed by atoms with Crippen molar-refractivity contribution in [3.05, 3.63) is 56.5 Å². The average molecular weight is 480 g/mol. The molecule has 2 aliphatic heterocycles. The minimum atomic E-state index is -0.0364. The molecular weight excluding hydrogens is 460 g/mol. The molecule has 6 heteroatoms. The van der Waals surface area contributed by atoms with Gasteiger partial charge in [0.25, 0.3) is 0 Å². The van der Waals surface area contributed by atoms with Crippen molar-refractivity contribution in [1.82, 2.24) is 5.01 Å². The average Bonchev–Trinajstić information content (AvgIpc) is 3.09. The molecule has 4 rings (SSSR count). The maximum atomic E-state index is 6.32. The van der Waals surface area contributed by atoms with Crippen LogP contribution in [0.25, 0.3) is 0 Å². The van der Waals surface area contributed by atoms with Crippen LogP contribution in [0.1, 0.15) is 43.4 Å². The van der Waals surface area contributed by atoms with Crippen LogP contribution in [-0.4, -0.2) is 24.1 Å². The third kappa shape index (κ3) is 3.14. The summed E-state index contributed by atoms with van der Waals surface area (Å²) < 4.78 is 13.6. The number of ether oxygens (including phenoxy) is 2. The third-order valence-electron chi connectivity index (χ3n) is 4.85. The van der Waals surface area contributed by atoms with Gasteiger partial charge in [-0.3, -0.25) is 5.01 Å². The highest BCUT2D eigenvalue weighted by Gasteiger charge is 2.40. The number of rotatable bonds is 4. The molecule has 2 aromatic carbocycles. The first-order chi connectivity index (χ1) is 12.6. The van der Waals surface area contributed by atoms with Gasteiger partial charge >= 0.3 is 0 Å². The number of hydrogen-bond donors (Lipinski definition) is 0. The van der Waals surface area contributed by atoms with Gasteiger partial charge in [-0.1, -0.05) is 29.3 Å². The fraction of sp³-hybridized carbons (Fsp3) is 0.350. The van der Waals surface area contributed by atoms with E-state index in [-0.39, 0.29) is 12.3 Å². The van der Waals surface area contributed by atoms with Crippen LogP contribution in [0.2, 0.25) is 0 Å². The molecule has 2 heterocycles. The molecule has 0 bridgehead atoms. The summed E-state index contributed by atoms with van der Waals surface area (Å²) in [5.41, 5.74) is 3.39. The van der Waals surface area contributed by atoms with Gasteiger partial charge in [0.1, 0.15) is 11.5 Å². The Kier molecular flexibility index (Phi) is 4.97. The maximum Gasteiger partial charge on any atom is 0.187 e. The van der Waals surface area contributed by atoms with Crippen LogP contribution in [0.5, 0.6) is 11.5 Å². The third-order valence-corrected chi connectivity index (χ3v) is 5.89. The van der Waals surface area contributed by atoms with Gasteiger partial charge in [-0.05, 0) is 57.9 Å². The van der Waals surface area contributed by atoms with Crippen molar-refractivity contribution in [3.63, 3.8) is 0 Å². The van der Waals surface area contributed by atoms with E-state index in [0.29, 0.717) is 0 Å². The summed E-state index contributed by atoms with van der Waals surface area (Å²) in [6.45, 7) is 2.18. The normalized spacial score (nSPS) is 20.9. The number of halogens is 2. The van der Waals surface area contributed by atoms with Gasteiger partial charge in [0.05, 0.1) is 23.3 Å². The lowest BCUT2D eigenvalue weighted by Gasteiger charge is -2.38. The predicted molar refractivity (Wildman–Crippen MR) is 110 cm³/mol. The van der Waals surface area contributed by atoms with Gasteiger partial charge in [0.15, 0.2) is 6.23 Å². The van der Waals surface area contributed by atoms with E-state index >= 15 is 0 Å². The summed E-state index contributed by atoms with van der Waals surface area (Å²) in [4.78, 5) is 0. The molecule has 0 aromatic heterocycles. The topological polar surface area (TPSA) is 34.1 Å². The van der Waals surface area contributed by atoms with Crippen LogP contribution in [0.3, 0.4) is 0 Å². The molecule has 0 aliphatic carbocycles. The molecule has 2 atom stereocenters. The highest BCUT2D eigenvalue weighted by Crippen LogP contribution is 2.47. The van der Waals surface area contributed by atoms with E-state index in [0.717, 1.165) is 51.0 Å². The van der Waals surface area contributed by atoms with Crippen LogP contribution in [0.4, 0.5) is 0 Å². The van der Waals surface area contributed by atoms with E-state index in [1.54, 1.807) is 7.11 Å². The van der Waals surface area contributed by atoms with Crippen molar-refractivity contribution >= 4 is 37.6 Å². The fourth-order valence-electron chi connectivity index (χ4n) is 3.58. The lowest BCUT2D eigenvalue weighted by molar-refractivity contribution is -0.0229. The fourth-order valence-corrected chi connectivity index (χ4v) is 4.94. The number of benzene rings is 2. The SMILES string of the molecule is CCC[C@@H]1Oc2c(Br)cc(Br)cc2[C@@H]2CC(c3ccc(OC)cc3)=NN12. The Hall–Kier alpha value is -1.53. The van der Waals surface area contributed by atoms with Gasteiger partial charge in [0, 0.05) is 22.9 Å². The molecule has 0 radical (unpaired) electrons. The molecule has 0 amide bonds. The second-order valence-corrected chi connectivity index (χ2v) is 8.31. The zero-order valence-electron chi connectivity index (χ0n) is 14.7. The highest BCUT2D eigenvalue weighted by molar-refractivity contribution is 9.11. The van der Waals surface area contributed by atoms with E-state index in [1.165, 1.54) is 5.56 Å². The standard InChI is InChI=1S/C20H20Br2N2O2/c1-3-4-19-24-18(15-9-13(21)10-16(22)20(15)26-19)11-17(23-24)12-5-7-14(25-2)8-6-12/h5-10,18-19H,3-4,11H2,1-2H3/t18-,19-/m0/s1. The molecule has 2 aromatic rings. The highest BCUT2D eigenvalue weighted by atomic mass is 79.9. The van der Waals surface area contributed by atoms with Gasteiger partial charge < -0.3 is 9.47 Å². The van der Waals surface area contributed by atoms with Crippen LogP contribution in [-0.2, 0) is 0 Å². The molecule has 0 spiro atoms. The molecule has 0 saturated carbocycles. The Labute approximate surface area is 170 Å². The van der Waals surface area contributed by atoms with E-state index in [1.807, 2.05) is 18.2 Å². The van der Waals surface area contributed by atoms with Gasteiger partial charge in [0.2, 0.25) is 0 Å². The molecule has 0 fully saturated rings. The summed E-state index contributed by atoms with van der Waals surface area (Å²) in [5, 5.41) is 7.09. The monoisotopic (exact) mass is 478 g/mol. The van der Waals surface area contributed by atoms with Gasteiger partial charge in [-0.2, -0.15) is 5.10 Å². The summed E-state index contributed by atoms with van der Waals surface area (Å²) in [6.07, 6.45) is 2.82. The van der Waals surface area contributed by atoms with Gasteiger partial charge in [-0.15, -0.1) is 0 Å². The quantitative estimate of drug-likeness (QED) is 0.548. The maximum absolute atomic E-state index is 6.32. The lowest BCUT2D eigenvalue weighted by atomic mass is 9.96. The van der Waals surface area contributed by atoms with Gasteiger partial charge in [-0.25, -0.2) is 0 Å². The number of nitrogens with zero attached hydrogens (tertiary/aromatic N) is 2. The molecule has 0 N–H and O–H groups in total. The molecule has 26 heavy (non-hydrogen) atoms. The van der Waals surface area contributed by atoms with Crippen molar-refractivity contribution in [1.29, 1.82) is 0 Å². The summed E-state index contributed by atoms with van der Waals surface area (Å²) in [6, 6.07) is 12.5. The molecule has 2 aliphatic rings. The van der Waals surface area contributed by atoms with Crippen molar-refractivity contribution in [2.24, 2.45) is 5.10 Å². The van der Waals surface area contributed by atoms with E-state index in [4.69, 9.17) is 14.6 Å². The first-order valence-electron chi connectivity index (χ1n) is 8.76. The number of methoxy groups -OCH3 is 1. The largest absolute Gasteiger partial charge is 0.497 e. The minimum Gasteiger partial charge on any atom is -0.497 e. The number of hydrazone groups is 1. The summed E-state index contributed by atoms with van der Waals surface area (Å²) in [7, 11) is 1.68. The summed E-state index contributed by atoms with van der Waals surface area (Å²) in [5.74, 6) is 1.80. The second-order valence-electron chi connectivity index (χ2n) is 6.54. The summed E-state index contributed by atoms with van der Waals surface area (Å²) >= 11 is 7.26. The van der Waals surface area contributed by atoms with E-state index < -0.39 is 0 Å². The van der Waals surface area contributed by atoms with Crippen molar-refractivity contribution in [3.8, 4) is 11.5 Å². The minimum absolute atomic E-state index is 0.0364. The molecule has 136 valence electrons. The van der Waals surface area contributed by atoms with Crippen LogP contribution < -0.4 is 9.47 Å². The Morgan fingerprint density at radius 1 is 1.23 bits per heavy atom. The molecular formula is C20H20Br2N2O2. The molecule has 0 unspecified atom stereocenters. The Bertz CT molecular complexity index is 852. The smallest absolute Gasteiger partial charge is 0.187 e. The first-order valence-corrected chi connectivity index (χ1v) is 10.3. The van der Waals surface area contributed by atoms with Crippen molar-refractivity contribution in [2.45, 2.75) is 38.5 Å². The first kappa shape index (κ1) is 17.9. The van der Waals surface area contributed by atoms with Crippen LogP contribution >= 0.6 is 31.9 Å². The van der Waals surface area contributed by atoms with Crippen LogP contribution in [0.15, 0.2) is 50.4 Å². The Balaban J connectivity index is 1.72. The molecule has 4 nitrogen and oxygen atoms in total. The Morgan fingerprint density at radius 2 is 2.00 bits per heavy atom. The van der Waals surface area contributed by atoms with Crippen molar-refractivity contribution in [2.75, 3.05) is 7.11 Å². The predicted octanol–water partition coefficient (Wildman–Crippen LogP) is 5.89. The number of hydrogen-bond acceptors (Lipinski definition) is 4.